The summed E-state index contributed by atoms with van der Waals surface area (Å²) >= 11 is 6.27. The smallest absolute Gasteiger partial charge is 0.323 e. The highest BCUT2D eigenvalue weighted by atomic mass is 35.5. The fourth-order valence-corrected chi connectivity index (χ4v) is 14.7. The van der Waals surface area contributed by atoms with Crippen LogP contribution in [-0.2, 0) is 43.9 Å². The molecule has 12 aromatic rings. The largest absolute Gasteiger partial charge is 0.457 e. The molecule has 15 rings (SSSR count). The van der Waals surface area contributed by atoms with E-state index in [1.165, 1.54) is 136 Å². The maximum atomic E-state index is 14.6. The molecule has 3 aliphatic rings. The number of nitrogens with zero attached hydrogens (tertiary/aromatic N) is 4. The van der Waals surface area contributed by atoms with E-state index in [1.807, 2.05) is 37.3 Å². The summed E-state index contributed by atoms with van der Waals surface area (Å²) in [5.41, 5.74) is 7.12. The summed E-state index contributed by atoms with van der Waals surface area (Å²) in [6.45, 7) is 20.5. The molecule has 131 heavy (non-hydrogen) atoms. The predicted octanol–water partition coefficient (Wildman–Crippen LogP) is 24.3. The predicted molar refractivity (Wildman–Crippen MR) is 498 cm³/mol. The number of rotatable bonds is 28. The lowest BCUT2D eigenvalue weighted by atomic mass is 9.80. The Kier molecular flexibility index (Phi) is 31.6. The van der Waals surface area contributed by atoms with Gasteiger partial charge in [-0.2, -0.15) is 0 Å². The van der Waals surface area contributed by atoms with Crippen molar-refractivity contribution >= 4 is 118 Å². The third-order valence-electron chi connectivity index (χ3n) is 20.9. The summed E-state index contributed by atoms with van der Waals surface area (Å²) in [5, 5.41) is 24.9. The number of aromatic nitrogens is 4. The van der Waals surface area contributed by atoms with Crippen molar-refractivity contribution in [2.24, 2.45) is 0 Å². The Hall–Kier alpha value is -14.7. The Bertz CT molecular complexity index is 6120. The summed E-state index contributed by atoms with van der Waals surface area (Å²) in [6.07, 6.45) is 13.9. The van der Waals surface area contributed by atoms with Gasteiger partial charge in [0.25, 0.3) is 0 Å². The van der Waals surface area contributed by atoms with Crippen LogP contribution in [0.5, 0.6) is 46.0 Å². The number of benzene rings is 8. The highest BCUT2D eigenvalue weighted by Gasteiger charge is 2.39. The standard InChI is InChI=1S/C25H22ClFN2O3.C25H24F2N4O2.C25H23F2N3O3.C24H27FN4O3Si/c1-15(30)29-25-14-22(8-9-28-25)32-21-6-4-18(24(27)13-21)11-20(31)12-19-10-17(16-2-3-16)5-7-23(19)26;1-15(2)29-23-14-18(8-11-28-23)33-17-5-7-21(20(27)13-17)30-24(32)31-22-12-16(4-6-19(22)26)25(3)9-10-25;1-15(31)11-18-13-20(9-10-28-18)33-19-6-8-23(22(27)14-19)29-25(32)30-24-12-17(5-7-21(24)26)16-3-2-4-16;1-15-6-8-19(33(3,4)5)14-22(15)29-24(31)28-21-9-7-17(12-20(21)25)32-18-10-11-26-23(13-18)27-16(2)30/h4-10,13-14,16H,2-3,11-12H2,1H3,(H,28,29,30);4-8,11-14H,1,9-10H2,2-3H3,(H,28,29)(H2,30,31,32);5-10,12-14,16H,2-4,11H2,1H3,(H2,29,30,32);6-14H,1-5H3,(H,26,27,30)(H2,28,29,31). The van der Waals surface area contributed by atoms with Crippen molar-refractivity contribution in [3.8, 4) is 46.0 Å². The highest BCUT2D eigenvalue weighted by Crippen LogP contribution is 2.49. The first-order chi connectivity index (χ1) is 62.5. The number of amides is 8. The molecule has 4 aromatic heterocycles. The summed E-state index contributed by atoms with van der Waals surface area (Å²) < 4.78 is 109. The zero-order chi connectivity index (χ0) is 93.8. The van der Waals surface area contributed by atoms with E-state index in [2.05, 4.69) is 107 Å². The SMILES string of the molecule is C=C(C)Nc1cc(Oc2ccc(NC(=O)Nc3cc(C4(C)CC4)ccc3F)c(F)c2)ccn1.CC(=O)Cc1cc(Oc2ccc(NC(=O)Nc3cc(C4CCC4)ccc3F)c(F)c2)ccn1.CC(=O)Nc1cc(Oc2ccc(CC(=O)Cc3cc(C4CC4)ccc3Cl)c(F)c2)ccn1.CC(=O)Nc1cc(Oc2ccc(NC(=O)Nc3cc([Si](C)(C)C)ccc3C)c(F)c2)ccn1. The Balaban J connectivity index is 0.000000158. The van der Waals surface area contributed by atoms with Crippen LogP contribution in [0.2, 0.25) is 24.7 Å². The average molecular weight is 1820 g/mol. The second-order valence-electron chi connectivity index (χ2n) is 33.0. The van der Waals surface area contributed by atoms with Crippen molar-refractivity contribution in [2.45, 2.75) is 143 Å². The lowest BCUT2D eigenvalue weighted by molar-refractivity contribution is -0.118. The van der Waals surface area contributed by atoms with Crippen molar-refractivity contribution in [1.29, 1.82) is 0 Å². The third-order valence-corrected chi connectivity index (χ3v) is 23.3. The van der Waals surface area contributed by atoms with Gasteiger partial charge < -0.3 is 66.8 Å². The van der Waals surface area contributed by atoms with Gasteiger partial charge in [-0.15, -0.1) is 0 Å². The van der Waals surface area contributed by atoms with E-state index in [-0.39, 0.29) is 99.5 Å². The quantitative estimate of drug-likeness (QED) is 0.0163. The zero-order valence-electron chi connectivity index (χ0n) is 73.1. The van der Waals surface area contributed by atoms with E-state index in [1.54, 1.807) is 85.9 Å². The van der Waals surface area contributed by atoms with Crippen molar-refractivity contribution in [1.82, 2.24) is 19.9 Å². The number of carbonyl (C=O) groups is 7. The number of urea groups is 3. The van der Waals surface area contributed by atoms with Crippen LogP contribution >= 0.6 is 11.6 Å². The van der Waals surface area contributed by atoms with Gasteiger partial charge in [0.05, 0.1) is 42.2 Å². The fourth-order valence-electron chi connectivity index (χ4n) is 13.4. The minimum Gasteiger partial charge on any atom is -0.457 e. The molecule has 4 heterocycles. The minimum atomic E-state index is -1.54. The molecule has 24 nitrogen and oxygen atoms in total. The Morgan fingerprint density at radius 1 is 0.405 bits per heavy atom. The van der Waals surface area contributed by atoms with E-state index in [0.717, 1.165) is 66.5 Å². The van der Waals surface area contributed by atoms with Gasteiger partial charge in [-0.25, -0.2) is 55.7 Å². The zero-order valence-corrected chi connectivity index (χ0v) is 74.9. The summed E-state index contributed by atoms with van der Waals surface area (Å²) in [4.78, 5) is 99.6. The van der Waals surface area contributed by atoms with Crippen LogP contribution in [0.15, 0.2) is 231 Å². The number of allylic oxidation sites excluding steroid dienone is 1. The maximum Gasteiger partial charge on any atom is 0.323 e. The molecule has 3 aliphatic carbocycles. The van der Waals surface area contributed by atoms with Crippen LogP contribution in [0, 0.1) is 41.8 Å². The fraction of sp³-hybridized carbons (Fsp3) is 0.222. The van der Waals surface area contributed by atoms with E-state index in [9.17, 15) is 59.9 Å². The number of nitrogens with one attached hydrogen (secondary N) is 9. The molecule has 676 valence electrons. The Morgan fingerprint density at radius 3 is 1.26 bits per heavy atom. The molecule has 0 unspecified atom stereocenters. The van der Waals surface area contributed by atoms with Gasteiger partial charge in [-0.3, -0.25) is 24.2 Å². The number of halogens is 7. The van der Waals surface area contributed by atoms with Crippen LogP contribution < -0.4 is 72.0 Å². The highest BCUT2D eigenvalue weighted by molar-refractivity contribution is 6.88. The molecule has 9 N–H and O–H groups in total. The van der Waals surface area contributed by atoms with Crippen LogP contribution in [0.25, 0.3) is 0 Å². The second-order valence-corrected chi connectivity index (χ2v) is 38.5. The lowest BCUT2D eigenvalue weighted by Gasteiger charge is -2.26. The van der Waals surface area contributed by atoms with Crippen molar-refractivity contribution in [3.05, 3.63) is 310 Å². The van der Waals surface area contributed by atoms with Gasteiger partial charge in [0.15, 0.2) is 0 Å². The molecule has 0 spiro atoms. The molecule has 32 heteroatoms. The normalized spacial score (nSPS) is 12.7. The van der Waals surface area contributed by atoms with Gasteiger partial charge >= 0.3 is 18.1 Å². The lowest BCUT2D eigenvalue weighted by Crippen LogP contribution is -2.37. The number of ketones is 2. The monoisotopic (exact) mass is 1820 g/mol. The van der Waals surface area contributed by atoms with Crippen LogP contribution in [0.1, 0.15) is 130 Å². The molecule has 0 bridgehead atoms. The minimum absolute atomic E-state index is 0.0208. The van der Waals surface area contributed by atoms with E-state index in [0.29, 0.717) is 80.0 Å². The van der Waals surface area contributed by atoms with Crippen LogP contribution in [0.3, 0.4) is 0 Å². The van der Waals surface area contributed by atoms with Gasteiger partial charge in [0.1, 0.15) is 110 Å². The summed E-state index contributed by atoms with van der Waals surface area (Å²) in [7, 11) is -1.54. The number of hydrogen-bond acceptors (Lipinski definition) is 16. The van der Waals surface area contributed by atoms with Crippen molar-refractivity contribution in [3.63, 3.8) is 0 Å². The first-order valence-corrected chi connectivity index (χ1v) is 45.8. The molecule has 0 radical (unpaired) electrons. The van der Waals surface area contributed by atoms with Gasteiger partial charge in [-0.05, 0) is 213 Å². The molecular formula is C99H96ClF6N13O11Si. The summed E-state index contributed by atoms with van der Waals surface area (Å²) in [6, 6.07) is 48.4. The van der Waals surface area contributed by atoms with Crippen molar-refractivity contribution in [2.75, 3.05) is 47.9 Å². The van der Waals surface area contributed by atoms with Gasteiger partial charge in [0, 0.05) is 123 Å². The van der Waals surface area contributed by atoms with Crippen LogP contribution in [-0.4, -0.2) is 69.5 Å². The molecule has 0 saturated heterocycles. The Morgan fingerprint density at radius 2 is 0.817 bits per heavy atom. The van der Waals surface area contributed by atoms with Gasteiger partial charge in [-0.1, -0.05) is 98.8 Å². The Labute approximate surface area is 759 Å². The van der Waals surface area contributed by atoms with E-state index in [4.69, 9.17) is 30.5 Å². The molecule has 3 saturated carbocycles. The molecule has 0 atom stereocenters. The first kappa shape index (κ1) is 95.4. The van der Waals surface area contributed by atoms with Gasteiger partial charge in [0.2, 0.25) is 11.8 Å². The number of pyridine rings is 4. The molecule has 0 aliphatic heterocycles. The number of ether oxygens (including phenoxy) is 4. The number of Topliss-reactive ketones (excluding diaryl/α,β-unsaturated/α-hetero) is 2. The average Bonchev–Trinajstić information content (AvgIpc) is 1.63. The van der Waals surface area contributed by atoms with E-state index < -0.39 is 61.1 Å². The van der Waals surface area contributed by atoms with E-state index >= 15 is 0 Å². The first-order valence-electron chi connectivity index (χ1n) is 41.9. The molecule has 3 fully saturated rings. The maximum absolute atomic E-state index is 14.6. The number of hydrogen-bond donors (Lipinski definition) is 9. The van der Waals surface area contributed by atoms with Crippen molar-refractivity contribution < 1.29 is 78.9 Å². The number of carbonyl (C=O) groups excluding carboxylic acids is 7. The number of aryl methyl sites for hydroxylation is 1. The topological polar surface area (TPSA) is 316 Å². The molecule has 8 amide bonds. The summed E-state index contributed by atoms with van der Waals surface area (Å²) in [5.74, 6) is 0.390. The molecule has 8 aromatic carbocycles. The third kappa shape index (κ3) is 28.6. The molecular weight excluding hydrogens is 1720 g/mol. The second kappa shape index (κ2) is 43.4. The van der Waals surface area contributed by atoms with Crippen LogP contribution in [0.4, 0.5) is 92.3 Å². The number of anilines is 9.